The van der Waals surface area contributed by atoms with Crippen LogP contribution in [0.4, 0.5) is 14.5 Å². The van der Waals surface area contributed by atoms with Gasteiger partial charge in [-0.3, -0.25) is 9.69 Å². The maximum absolute atomic E-state index is 14.9. The van der Waals surface area contributed by atoms with E-state index < -0.39 is 17.9 Å². The first-order valence-corrected chi connectivity index (χ1v) is 11.7. The number of aromatic nitrogens is 3. The molecule has 33 heavy (non-hydrogen) atoms. The third-order valence-electron chi connectivity index (χ3n) is 5.12. The summed E-state index contributed by atoms with van der Waals surface area (Å²) in [4.78, 5) is 19.0. The summed E-state index contributed by atoms with van der Waals surface area (Å²) in [6.45, 7) is 7.77. The summed E-state index contributed by atoms with van der Waals surface area (Å²) in [5.74, 6) is -1.12. The van der Waals surface area contributed by atoms with Crippen LogP contribution in [0.3, 0.4) is 0 Å². The van der Waals surface area contributed by atoms with Crippen LogP contribution in [0, 0.1) is 24.5 Å². The predicted molar refractivity (Wildman–Crippen MR) is 123 cm³/mol. The molecule has 0 radical (unpaired) electrons. The second-order valence-electron chi connectivity index (χ2n) is 8.20. The Labute approximate surface area is 195 Å². The molecule has 0 unspecified atom stereocenters. The molecule has 0 saturated carbocycles. The van der Waals surface area contributed by atoms with Crippen molar-refractivity contribution in [2.45, 2.75) is 45.5 Å². The molecule has 0 fully saturated rings. The number of halogens is 2. The molecule has 1 atom stereocenters. The van der Waals surface area contributed by atoms with E-state index in [1.54, 1.807) is 13.0 Å². The third-order valence-corrected chi connectivity index (χ3v) is 6.39. The molecule has 0 aliphatic carbocycles. The van der Waals surface area contributed by atoms with Gasteiger partial charge in [-0.15, -0.1) is 10.2 Å². The van der Waals surface area contributed by atoms with E-state index in [0.717, 1.165) is 17.4 Å². The van der Waals surface area contributed by atoms with E-state index in [0.29, 0.717) is 28.0 Å². The molecule has 1 amide bonds. The van der Waals surface area contributed by atoms with Gasteiger partial charge in [0.1, 0.15) is 0 Å². The van der Waals surface area contributed by atoms with E-state index in [-0.39, 0.29) is 23.8 Å². The lowest BCUT2D eigenvalue weighted by Gasteiger charge is -2.31. The number of amides is 1. The van der Waals surface area contributed by atoms with Gasteiger partial charge < -0.3 is 4.74 Å². The highest BCUT2D eigenvalue weighted by Crippen LogP contribution is 2.44. The zero-order valence-electron chi connectivity index (χ0n) is 18.8. The maximum Gasteiger partial charge on any atom is 0.247 e. The molecule has 0 bridgehead atoms. The first kappa shape index (κ1) is 23.1. The number of nitrogens with zero attached hydrogens (tertiary/aromatic N) is 4. The van der Waals surface area contributed by atoms with Gasteiger partial charge in [-0.2, -0.15) is 4.98 Å². The summed E-state index contributed by atoms with van der Waals surface area (Å²) in [7, 11) is 0. The molecule has 0 spiro atoms. The van der Waals surface area contributed by atoms with Gasteiger partial charge in [-0.05, 0) is 31.0 Å². The van der Waals surface area contributed by atoms with E-state index in [4.69, 9.17) is 4.74 Å². The summed E-state index contributed by atoms with van der Waals surface area (Å²) >= 11 is 1.43. The molecule has 9 heteroatoms. The molecule has 0 N–H and O–H groups in total. The van der Waals surface area contributed by atoms with Crippen molar-refractivity contribution in [3.63, 3.8) is 0 Å². The van der Waals surface area contributed by atoms with Crippen LogP contribution in [-0.2, 0) is 4.79 Å². The van der Waals surface area contributed by atoms with Crippen molar-refractivity contribution >= 4 is 23.4 Å². The van der Waals surface area contributed by atoms with E-state index in [9.17, 15) is 13.6 Å². The molecule has 2 aromatic carbocycles. The molecule has 1 aromatic heterocycles. The highest BCUT2D eigenvalue weighted by Gasteiger charge is 2.37. The fourth-order valence-electron chi connectivity index (χ4n) is 3.53. The molecular formula is C24H24F2N4O2S. The molecule has 4 rings (SSSR count). The molecular weight excluding hydrogens is 446 g/mol. The Bertz CT molecular complexity index is 1210. The summed E-state index contributed by atoms with van der Waals surface area (Å²) in [5.41, 5.74) is 2.23. The molecule has 2 heterocycles. The first-order valence-electron chi connectivity index (χ1n) is 10.7. The molecule has 1 aliphatic heterocycles. The third kappa shape index (κ3) is 4.55. The van der Waals surface area contributed by atoms with Crippen LogP contribution < -0.4 is 9.64 Å². The molecule has 3 aromatic rings. The SMILES string of the molecule is CCC(=O)N1c2ccc(C)cc2-c2nnc(SCC(C)C)nc2O[C@H]1c1cccc(F)c1F. The highest BCUT2D eigenvalue weighted by atomic mass is 32.2. The van der Waals surface area contributed by atoms with Crippen LogP contribution in [0.15, 0.2) is 41.6 Å². The van der Waals surface area contributed by atoms with Crippen LogP contribution in [-0.4, -0.2) is 26.8 Å². The second kappa shape index (κ2) is 9.43. The predicted octanol–water partition coefficient (Wildman–Crippen LogP) is 5.71. The average Bonchev–Trinajstić information content (AvgIpc) is 2.93. The van der Waals surface area contributed by atoms with Crippen LogP contribution in [0.2, 0.25) is 0 Å². The number of hydrogen-bond donors (Lipinski definition) is 0. The average molecular weight is 471 g/mol. The Morgan fingerprint density at radius 1 is 1.21 bits per heavy atom. The topological polar surface area (TPSA) is 68.2 Å². The zero-order valence-corrected chi connectivity index (χ0v) is 19.6. The Morgan fingerprint density at radius 2 is 2.00 bits per heavy atom. The number of rotatable bonds is 5. The van der Waals surface area contributed by atoms with E-state index in [1.165, 1.54) is 28.8 Å². The van der Waals surface area contributed by atoms with Gasteiger partial charge in [-0.25, -0.2) is 8.78 Å². The lowest BCUT2D eigenvalue weighted by molar-refractivity contribution is -0.120. The van der Waals surface area contributed by atoms with Gasteiger partial charge in [0.25, 0.3) is 0 Å². The van der Waals surface area contributed by atoms with Gasteiger partial charge in [0.2, 0.25) is 23.2 Å². The van der Waals surface area contributed by atoms with Crippen LogP contribution in [0.1, 0.15) is 44.5 Å². The second-order valence-corrected chi connectivity index (χ2v) is 9.19. The highest BCUT2D eigenvalue weighted by molar-refractivity contribution is 7.99. The lowest BCUT2D eigenvalue weighted by Crippen LogP contribution is -2.38. The number of ether oxygens (including phenoxy) is 1. The quantitative estimate of drug-likeness (QED) is 0.445. The Morgan fingerprint density at radius 3 is 2.73 bits per heavy atom. The van der Waals surface area contributed by atoms with Crippen molar-refractivity contribution in [2.75, 3.05) is 10.7 Å². The van der Waals surface area contributed by atoms with E-state index in [2.05, 4.69) is 29.0 Å². The largest absolute Gasteiger partial charge is 0.447 e. The first-order chi connectivity index (χ1) is 15.8. The Balaban J connectivity index is 1.95. The van der Waals surface area contributed by atoms with Gasteiger partial charge in [0, 0.05) is 17.7 Å². The maximum atomic E-state index is 14.9. The Kier molecular flexibility index (Phi) is 6.60. The van der Waals surface area contributed by atoms with Gasteiger partial charge >= 0.3 is 0 Å². The molecule has 6 nitrogen and oxygen atoms in total. The van der Waals surface area contributed by atoms with Gasteiger partial charge in [-0.1, -0.05) is 56.3 Å². The Hall–Kier alpha value is -3.07. The number of carbonyl (C=O) groups is 1. The minimum absolute atomic E-state index is 0.105. The normalized spacial score (nSPS) is 15.0. The van der Waals surface area contributed by atoms with Crippen LogP contribution in [0.5, 0.6) is 5.88 Å². The summed E-state index contributed by atoms with van der Waals surface area (Å²) < 4.78 is 35.2. The summed E-state index contributed by atoms with van der Waals surface area (Å²) in [6, 6.07) is 9.26. The fourth-order valence-corrected chi connectivity index (χ4v) is 4.26. The minimum atomic E-state index is -1.27. The van der Waals surface area contributed by atoms with Crippen molar-refractivity contribution in [1.82, 2.24) is 15.2 Å². The zero-order chi connectivity index (χ0) is 23.7. The lowest BCUT2D eigenvalue weighted by atomic mass is 10.0. The van der Waals surface area contributed by atoms with E-state index >= 15 is 0 Å². The smallest absolute Gasteiger partial charge is 0.247 e. The van der Waals surface area contributed by atoms with Crippen molar-refractivity contribution in [1.29, 1.82) is 0 Å². The molecule has 172 valence electrons. The number of aryl methyl sites for hydroxylation is 1. The summed E-state index contributed by atoms with van der Waals surface area (Å²) in [5, 5.41) is 9.01. The van der Waals surface area contributed by atoms with Gasteiger partial charge in [0.05, 0.1) is 11.3 Å². The number of thioether (sulfide) groups is 1. The number of hydrogen-bond acceptors (Lipinski definition) is 6. The number of fused-ring (bicyclic) bond motifs is 3. The number of carbonyl (C=O) groups excluding carboxylic acids is 1. The number of benzene rings is 2. The van der Waals surface area contributed by atoms with Crippen molar-refractivity contribution in [3.8, 4) is 17.1 Å². The monoisotopic (exact) mass is 470 g/mol. The fraction of sp³-hybridized carbons (Fsp3) is 0.333. The van der Waals surface area contributed by atoms with Crippen molar-refractivity contribution in [3.05, 3.63) is 59.2 Å². The summed E-state index contributed by atoms with van der Waals surface area (Å²) in [6.07, 6.45) is -1.13. The number of anilines is 1. The molecule has 0 saturated heterocycles. The minimum Gasteiger partial charge on any atom is -0.447 e. The molecule has 1 aliphatic rings. The van der Waals surface area contributed by atoms with E-state index in [1.807, 2.05) is 19.1 Å². The van der Waals surface area contributed by atoms with Gasteiger partial charge in [0.15, 0.2) is 17.3 Å². The van der Waals surface area contributed by atoms with Crippen molar-refractivity contribution < 1.29 is 18.3 Å². The van der Waals surface area contributed by atoms with Crippen molar-refractivity contribution in [2.24, 2.45) is 5.92 Å². The standard InChI is InChI=1S/C24H24F2N4O2S/c1-5-19(31)30-18-10-9-14(4)11-16(18)21-22(27-24(29-28-21)33-12-13(2)3)32-23(30)15-7-6-8-17(25)20(15)26/h6-11,13,23H,5,12H2,1-4H3/t23-/m0/s1. The van der Waals surface area contributed by atoms with Crippen LogP contribution in [0.25, 0.3) is 11.3 Å². The van der Waals surface area contributed by atoms with Crippen LogP contribution >= 0.6 is 11.8 Å².